The van der Waals surface area contributed by atoms with E-state index in [0.717, 1.165) is 9.79 Å². The number of hydrogen-bond acceptors (Lipinski definition) is 7. The van der Waals surface area contributed by atoms with Crippen LogP contribution in [0.1, 0.15) is 0 Å². The lowest BCUT2D eigenvalue weighted by atomic mass is 10.3. The van der Waals surface area contributed by atoms with Crippen molar-refractivity contribution < 1.29 is 4.74 Å². The van der Waals surface area contributed by atoms with E-state index in [1.165, 1.54) is 28.1 Å². The molecule has 24 heavy (non-hydrogen) atoms. The first-order valence-corrected chi connectivity index (χ1v) is 8.62. The van der Waals surface area contributed by atoms with Crippen LogP contribution in [0.25, 0.3) is 4.96 Å². The molecule has 118 valence electrons. The molecule has 0 fully saturated rings. The third-order valence-electron chi connectivity index (χ3n) is 3.07. The van der Waals surface area contributed by atoms with E-state index in [4.69, 9.17) is 4.74 Å². The van der Waals surface area contributed by atoms with Crippen molar-refractivity contribution in [2.75, 3.05) is 0 Å². The maximum absolute atomic E-state index is 11.7. The molecule has 6 nitrogen and oxygen atoms in total. The fourth-order valence-electron chi connectivity index (χ4n) is 1.99. The van der Waals surface area contributed by atoms with Gasteiger partial charge in [0.1, 0.15) is 5.75 Å². The monoisotopic (exact) mass is 354 g/mol. The van der Waals surface area contributed by atoms with Gasteiger partial charge in [-0.2, -0.15) is 4.52 Å². The maximum Gasteiger partial charge on any atom is 0.299 e. The van der Waals surface area contributed by atoms with Gasteiger partial charge in [-0.1, -0.05) is 11.8 Å². The van der Waals surface area contributed by atoms with Crippen molar-refractivity contribution in [3.8, 4) is 10.9 Å². The molecule has 4 aromatic rings. The Labute approximate surface area is 144 Å². The van der Waals surface area contributed by atoms with Crippen molar-refractivity contribution in [3.05, 3.63) is 71.4 Å². The van der Waals surface area contributed by atoms with Gasteiger partial charge in [0.2, 0.25) is 4.96 Å². The second-order valence-corrected chi connectivity index (χ2v) is 6.77. The van der Waals surface area contributed by atoms with Crippen LogP contribution in [0.2, 0.25) is 0 Å². The Morgan fingerprint density at radius 2 is 1.71 bits per heavy atom. The summed E-state index contributed by atoms with van der Waals surface area (Å²) in [6.45, 7) is 0. The molecular formula is C16H10N4O2S2. The van der Waals surface area contributed by atoms with Crippen LogP contribution in [0, 0.1) is 0 Å². The van der Waals surface area contributed by atoms with E-state index >= 15 is 0 Å². The van der Waals surface area contributed by atoms with Crippen LogP contribution in [-0.4, -0.2) is 19.6 Å². The molecule has 0 radical (unpaired) electrons. The van der Waals surface area contributed by atoms with Crippen LogP contribution in [0.4, 0.5) is 0 Å². The number of rotatable bonds is 4. The molecule has 0 N–H and O–H groups in total. The zero-order valence-electron chi connectivity index (χ0n) is 12.2. The summed E-state index contributed by atoms with van der Waals surface area (Å²) in [7, 11) is 0. The molecule has 1 aromatic carbocycles. The van der Waals surface area contributed by atoms with Crippen LogP contribution < -0.4 is 10.3 Å². The molecule has 0 aliphatic heterocycles. The molecule has 0 spiro atoms. The maximum atomic E-state index is 11.7. The summed E-state index contributed by atoms with van der Waals surface area (Å²) in [5.74, 6) is 0.654. The van der Waals surface area contributed by atoms with Crippen molar-refractivity contribution >= 4 is 28.1 Å². The number of ether oxygens (including phenoxy) is 1. The lowest BCUT2D eigenvalue weighted by molar-refractivity contribution is 0.469. The van der Waals surface area contributed by atoms with E-state index in [1.54, 1.807) is 24.2 Å². The minimum Gasteiger partial charge on any atom is -0.430 e. The molecule has 3 heterocycles. The summed E-state index contributed by atoms with van der Waals surface area (Å²) in [6.07, 6.45) is 5.00. The predicted octanol–water partition coefficient (Wildman–Crippen LogP) is 3.49. The van der Waals surface area contributed by atoms with Gasteiger partial charge in [-0.3, -0.25) is 9.78 Å². The molecule has 0 saturated heterocycles. The standard InChI is InChI=1S/C16H10N4O2S2/c21-14-7-10-18-15-20(14)19-16(24-15)22-11-1-3-12(4-2-11)23-13-5-8-17-9-6-13/h1-10H. The zero-order chi connectivity index (χ0) is 16.4. The van der Waals surface area contributed by atoms with Gasteiger partial charge in [-0.25, -0.2) is 4.98 Å². The van der Waals surface area contributed by atoms with Crippen molar-refractivity contribution in [1.29, 1.82) is 0 Å². The van der Waals surface area contributed by atoms with Crippen molar-refractivity contribution in [2.45, 2.75) is 9.79 Å². The molecule has 4 rings (SSSR count). The SMILES string of the molecule is O=c1ccnc2sc(Oc3ccc(Sc4ccncc4)cc3)nn12. The quantitative estimate of drug-likeness (QED) is 0.559. The minimum absolute atomic E-state index is 0.227. The normalized spacial score (nSPS) is 10.8. The molecule has 0 bridgehead atoms. The van der Waals surface area contributed by atoms with E-state index in [2.05, 4.69) is 15.1 Å². The van der Waals surface area contributed by atoms with Gasteiger partial charge in [0.25, 0.3) is 10.8 Å². The Hall–Kier alpha value is -2.71. The molecular weight excluding hydrogens is 344 g/mol. The fraction of sp³-hybridized carbons (Fsp3) is 0. The Bertz CT molecular complexity index is 1030. The first-order chi connectivity index (χ1) is 11.8. The fourth-order valence-corrected chi connectivity index (χ4v) is 3.54. The first-order valence-electron chi connectivity index (χ1n) is 6.99. The van der Waals surface area contributed by atoms with Gasteiger partial charge in [-0.05, 0) is 47.7 Å². The van der Waals surface area contributed by atoms with E-state index in [1.807, 2.05) is 36.4 Å². The second kappa shape index (κ2) is 6.42. The van der Waals surface area contributed by atoms with Crippen molar-refractivity contribution in [1.82, 2.24) is 19.6 Å². The van der Waals surface area contributed by atoms with Gasteiger partial charge in [0, 0.05) is 34.4 Å². The molecule has 0 saturated carbocycles. The summed E-state index contributed by atoms with van der Waals surface area (Å²) in [5.41, 5.74) is -0.227. The summed E-state index contributed by atoms with van der Waals surface area (Å²) in [5, 5.41) is 4.50. The number of pyridine rings is 1. The molecule has 0 atom stereocenters. The van der Waals surface area contributed by atoms with Gasteiger partial charge >= 0.3 is 0 Å². The third kappa shape index (κ3) is 3.15. The summed E-state index contributed by atoms with van der Waals surface area (Å²) in [4.78, 5) is 22.5. The van der Waals surface area contributed by atoms with E-state index in [-0.39, 0.29) is 5.56 Å². The third-order valence-corrected chi connectivity index (χ3v) is 4.88. The second-order valence-electron chi connectivity index (χ2n) is 4.70. The van der Waals surface area contributed by atoms with Crippen LogP contribution in [0.5, 0.6) is 10.9 Å². The first kappa shape index (κ1) is 14.9. The summed E-state index contributed by atoms with van der Waals surface area (Å²) < 4.78 is 6.94. The highest BCUT2D eigenvalue weighted by Gasteiger charge is 2.08. The lowest BCUT2D eigenvalue weighted by Gasteiger charge is -2.03. The predicted molar refractivity (Wildman–Crippen MR) is 92.0 cm³/mol. The Morgan fingerprint density at radius 3 is 2.46 bits per heavy atom. The number of benzene rings is 1. The molecule has 8 heteroatoms. The Balaban J connectivity index is 1.52. The topological polar surface area (TPSA) is 69.4 Å². The number of hydrogen-bond donors (Lipinski definition) is 0. The van der Waals surface area contributed by atoms with Crippen molar-refractivity contribution in [2.24, 2.45) is 0 Å². The Kier molecular flexibility index (Phi) is 3.97. The number of aromatic nitrogens is 4. The molecule has 0 aliphatic carbocycles. The Morgan fingerprint density at radius 1 is 0.958 bits per heavy atom. The molecule has 0 unspecified atom stereocenters. The molecule has 3 aromatic heterocycles. The van der Waals surface area contributed by atoms with Gasteiger partial charge in [-0.15, -0.1) is 5.10 Å². The van der Waals surface area contributed by atoms with Gasteiger partial charge < -0.3 is 4.74 Å². The van der Waals surface area contributed by atoms with E-state index in [0.29, 0.717) is 15.9 Å². The molecule has 0 aliphatic rings. The average Bonchev–Trinajstić information content (AvgIpc) is 3.02. The smallest absolute Gasteiger partial charge is 0.299 e. The zero-order valence-corrected chi connectivity index (χ0v) is 13.8. The van der Waals surface area contributed by atoms with Crippen molar-refractivity contribution in [3.63, 3.8) is 0 Å². The largest absolute Gasteiger partial charge is 0.430 e. The highest BCUT2D eigenvalue weighted by molar-refractivity contribution is 7.99. The lowest BCUT2D eigenvalue weighted by Crippen LogP contribution is -2.12. The van der Waals surface area contributed by atoms with Crippen LogP contribution in [0.3, 0.4) is 0 Å². The van der Waals surface area contributed by atoms with E-state index < -0.39 is 0 Å². The van der Waals surface area contributed by atoms with E-state index in [9.17, 15) is 4.79 Å². The molecule has 0 amide bonds. The average molecular weight is 354 g/mol. The summed E-state index contributed by atoms with van der Waals surface area (Å²) in [6, 6.07) is 13.0. The van der Waals surface area contributed by atoms with Crippen LogP contribution in [-0.2, 0) is 0 Å². The highest BCUT2D eigenvalue weighted by Crippen LogP contribution is 2.30. The number of fused-ring (bicyclic) bond motifs is 1. The summed E-state index contributed by atoms with van der Waals surface area (Å²) >= 11 is 2.86. The minimum atomic E-state index is -0.227. The number of nitrogens with zero attached hydrogens (tertiary/aromatic N) is 4. The van der Waals surface area contributed by atoms with Crippen LogP contribution >= 0.6 is 23.1 Å². The van der Waals surface area contributed by atoms with Gasteiger partial charge in [0.05, 0.1) is 0 Å². The van der Waals surface area contributed by atoms with Crippen LogP contribution in [0.15, 0.2) is 75.6 Å². The van der Waals surface area contributed by atoms with Gasteiger partial charge in [0.15, 0.2) is 0 Å². The highest BCUT2D eigenvalue weighted by atomic mass is 32.2.